The minimum Gasteiger partial charge on any atom is -0.462 e. The van der Waals surface area contributed by atoms with Crippen LogP contribution in [-0.4, -0.2) is 30.2 Å². The largest absolute Gasteiger partial charge is 0.462 e. The summed E-state index contributed by atoms with van der Waals surface area (Å²) in [6.45, 7) is 1.68. The summed E-state index contributed by atoms with van der Waals surface area (Å²) in [5.41, 5.74) is -1.32. The molecule has 2 rings (SSSR count). The standard InChI is InChI=1S/C12H12N2O5S/c1-2-19-12(16)10-8-13-14(11(10)15)20(17,18)9-6-4-3-5-7-9/h3-8,13H,2H2,1H3. The van der Waals surface area contributed by atoms with Gasteiger partial charge >= 0.3 is 5.97 Å². The van der Waals surface area contributed by atoms with Crippen molar-refractivity contribution in [3.8, 4) is 0 Å². The Kier molecular flexibility index (Phi) is 3.75. The van der Waals surface area contributed by atoms with E-state index in [9.17, 15) is 18.0 Å². The first kappa shape index (κ1) is 14.1. The number of benzene rings is 1. The van der Waals surface area contributed by atoms with Crippen LogP contribution >= 0.6 is 0 Å². The lowest BCUT2D eigenvalue weighted by Crippen LogP contribution is -2.28. The van der Waals surface area contributed by atoms with E-state index in [0.717, 1.165) is 6.20 Å². The van der Waals surface area contributed by atoms with Gasteiger partial charge in [-0.2, -0.15) is 8.42 Å². The number of nitrogens with one attached hydrogen (secondary N) is 1. The summed E-state index contributed by atoms with van der Waals surface area (Å²) >= 11 is 0. The molecule has 0 bridgehead atoms. The molecule has 0 aliphatic heterocycles. The van der Waals surface area contributed by atoms with Gasteiger partial charge in [0, 0.05) is 6.20 Å². The van der Waals surface area contributed by atoms with Crippen LogP contribution in [0.1, 0.15) is 17.3 Å². The van der Waals surface area contributed by atoms with E-state index in [2.05, 4.69) is 9.84 Å². The molecule has 7 nitrogen and oxygen atoms in total. The lowest BCUT2D eigenvalue weighted by Gasteiger charge is -2.03. The van der Waals surface area contributed by atoms with Gasteiger partial charge in [0.2, 0.25) is 0 Å². The maximum absolute atomic E-state index is 12.2. The Labute approximate surface area is 114 Å². The molecule has 1 aromatic heterocycles. The molecule has 20 heavy (non-hydrogen) atoms. The molecular formula is C12H12N2O5S. The molecule has 0 radical (unpaired) electrons. The van der Waals surface area contributed by atoms with Crippen LogP contribution in [0.15, 0.2) is 46.2 Å². The first-order chi connectivity index (χ1) is 9.48. The number of hydrogen-bond donors (Lipinski definition) is 1. The zero-order valence-corrected chi connectivity index (χ0v) is 11.4. The highest BCUT2D eigenvalue weighted by atomic mass is 32.2. The van der Waals surface area contributed by atoms with Gasteiger partial charge in [0.1, 0.15) is 5.56 Å². The highest BCUT2D eigenvalue weighted by Crippen LogP contribution is 2.10. The zero-order chi connectivity index (χ0) is 14.8. The van der Waals surface area contributed by atoms with Gasteiger partial charge in [-0.25, -0.2) is 4.79 Å². The summed E-state index contributed by atoms with van der Waals surface area (Å²) in [6, 6.07) is 7.43. The van der Waals surface area contributed by atoms with Crippen LogP contribution in [0, 0.1) is 0 Å². The molecule has 0 saturated heterocycles. The van der Waals surface area contributed by atoms with Gasteiger partial charge < -0.3 is 4.74 Å². The Hall–Kier alpha value is -2.35. The van der Waals surface area contributed by atoms with E-state index < -0.39 is 21.6 Å². The highest BCUT2D eigenvalue weighted by molar-refractivity contribution is 7.89. The second-order valence-corrected chi connectivity index (χ2v) is 5.58. The molecule has 0 spiro atoms. The van der Waals surface area contributed by atoms with Gasteiger partial charge in [-0.05, 0) is 19.1 Å². The van der Waals surface area contributed by atoms with Crippen molar-refractivity contribution in [3.05, 3.63) is 52.4 Å². The average molecular weight is 296 g/mol. The van der Waals surface area contributed by atoms with Crippen LogP contribution in [0.2, 0.25) is 0 Å². The first-order valence-corrected chi connectivity index (χ1v) is 7.20. The Morgan fingerprint density at radius 3 is 2.55 bits per heavy atom. The van der Waals surface area contributed by atoms with Crippen molar-refractivity contribution in [2.75, 3.05) is 6.61 Å². The summed E-state index contributed by atoms with van der Waals surface area (Å²) in [7, 11) is -4.06. The fourth-order valence-corrected chi connectivity index (χ4v) is 2.80. The van der Waals surface area contributed by atoms with E-state index in [1.54, 1.807) is 13.0 Å². The average Bonchev–Trinajstić information content (AvgIpc) is 2.82. The monoisotopic (exact) mass is 296 g/mol. The second kappa shape index (κ2) is 5.33. The zero-order valence-electron chi connectivity index (χ0n) is 10.6. The molecule has 1 heterocycles. The molecule has 8 heteroatoms. The molecule has 0 saturated carbocycles. The SMILES string of the molecule is CCOC(=O)c1c[nH]n(S(=O)(=O)c2ccccc2)c1=O. The Morgan fingerprint density at radius 1 is 1.30 bits per heavy atom. The number of aromatic nitrogens is 2. The van der Waals surface area contributed by atoms with Crippen LogP contribution in [0.3, 0.4) is 0 Å². The normalized spacial score (nSPS) is 11.2. The van der Waals surface area contributed by atoms with E-state index in [1.165, 1.54) is 24.3 Å². The molecular weight excluding hydrogens is 284 g/mol. The van der Waals surface area contributed by atoms with Gasteiger partial charge in [-0.15, -0.1) is 4.09 Å². The molecule has 106 valence electrons. The minimum atomic E-state index is -4.06. The smallest absolute Gasteiger partial charge is 0.345 e. The van der Waals surface area contributed by atoms with Crippen molar-refractivity contribution in [1.82, 2.24) is 9.19 Å². The maximum Gasteiger partial charge on any atom is 0.345 e. The van der Waals surface area contributed by atoms with Crippen molar-refractivity contribution < 1.29 is 17.9 Å². The quantitative estimate of drug-likeness (QED) is 0.833. The van der Waals surface area contributed by atoms with E-state index in [-0.39, 0.29) is 17.1 Å². The minimum absolute atomic E-state index is 0.0561. The van der Waals surface area contributed by atoms with Crippen LogP contribution in [0.4, 0.5) is 0 Å². The fraction of sp³-hybridized carbons (Fsp3) is 0.167. The number of rotatable bonds is 4. The van der Waals surface area contributed by atoms with Gasteiger partial charge in [-0.3, -0.25) is 9.89 Å². The predicted octanol–water partition coefficient (Wildman–Crippen LogP) is 0.590. The predicted molar refractivity (Wildman–Crippen MR) is 70.0 cm³/mol. The Morgan fingerprint density at radius 2 is 1.95 bits per heavy atom. The third kappa shape index (κ3) is 2.37. The van der Waals surface area contributed by atoms with E-state index in [0.29, 0.717) is 4.09 Å². The van der Waals surface area contributed by atoms with Crippen molar-refractivity contribution in [2.24, 2.45) is 0 Å². The van der Waals surface area contributed by atoms with Gasteiger partial charge in [0.05, 0.1) is 11.5 Å². The van der Waals surface area contributed by atoms with Crippen LogP contribution < -0.4 is 5.56 Å². The van der Waals surface area contributed by atoms with Gasteiger partial charge in [0.25, 0.3) is 15.6 Å². The molecule has 0 aliphatic rings. The summed E-state index contributed by atoms with van der Waals surface area (Å²) in [5, 5.41) is 2.27. The lowest BCUT2D eigenvalue weighted by molar-refractivity contribution is 0.0525. The number of esters is 1. The number of nitrogens with zero attached hydrogens (tertiary/aromatic N) is 1. The van der Waals surface area contributed by atoms with Crippen molar-refractivity contribution in [2.45, 2.75) is 11.8 Å². The number of carbonyl (C=O) groups is 1. The molecule has 0 atom stereocenters. The van der Waals surface area contributed by atoms with E-state index in [1.807, 2.05) is 0 Å². The first-order valence-electron chi connectivity index (χ1n) is 5.76. The summed E-state index contributed by atoms with van der Waals surface area (Å²) in [5.74, 6) is -0.865. The van der Waals surface area contributed by atoms with Crippen molar-refractivity contribution >= 4 is 16.0 Å². The fourth-order valence-electron chi connectivity index (χ4n) is 1.58. The van der Waals surface area contributed by atoms with Gasteiger partial charge in [0.15, 0.2) is 0 Å². The Bertz CT molecular complexity index is 774. The molecule has 0 aliphatic carbocycles. The van der Waals surface area contributed by atoms with Crippen LogP contribution in [-0.2, 0) is 14.8 Å². The maximum atomic E-state index is 12.2. The topological polar surface area (TPSA) is 98.2 Å². The molecule has 0 amide bonds. The lowest BCUT2D eigenvalue weighted by atomic mass is 10.4. The van der Waals surface area contributed by atoms with E-state index >= 15 is 0 Å². The summed E-state index contributed by atoms with van der Waals surface area (Å²) in [4.78, 5) is 23.4. The number of carbonyl (C=O) groups excluding carboxylic acids is 1. The Balaban J connectivity index is 2.51. The molecule has 2 aromatic rings. The number of aromatic amines is 1. The third-order valence-corrected chi connectivity index (χ3v) is 4.14. The van der Waals surface area contributed by atoms with Crippen LogP contribution in [0.25, 0.3) is 0 Å². The van der Waals surface area contributed by atoms with Crippen molar-refractivity contribution in [3.63, 3.8) is 0 Å². The number of ether oxygens (including phenoxy) is 1. The number of hydrogen-bond acceptors (Lipinski definition) is 5. The molecule has 1 aromatic carbocycles. The van der Waals surface area contributed by atoms with E-state index in [4.69, 9.17) is 0 Å². The summed E-state index contributed by atoms with van der Waals surface area (Å²) in [6.07, 6.45) is 1.01. The molecule has 0 fully saturated rings. The molecule has 0 unspecified atom stereocenters. The second-order valence-electron chi connectivity index (χ2n) is 3.80. The highest BCUT2D eigenvalue weighted by Gasteiger charge is 2.24. The third-order valence-electron chi connectivity index (χ3n) is 2.52. The number of H-pyrrole nitrogens is 1. The molecule has 1 N–H and O–H groups in total. The van der Waals surface area contributed by atoms with Gasteiger partial charge in [-0.1, -0.05) is 18.2 Å². The summed E-state index contributed by atoms with van der Waals surface area (Å²) < 4.78 is 29.5. The van der Waals surface area contributed by atoms with Crippen LogP contribution in [0.5, 0.6) is 0 Å². The van der Waals surface area contributed by atoms with Crippen molar-refractivity contribution in [1.29, 1.82) is 0 Å².